The molecule has 1 aromatic heterocycles. The van der Waals surface area contributed by atoms with Gasteiger partial charge in [-0.2, -0.15) is 0 Å². The first-order valence-corrected chi connectivity index (χ1v) is 8.21. The minimum absolute atomic E-state index is 0.0833. The standard InChI is InChI=1S/C18H24N2O3/c1-3-19-12-16(15-6-4-5-7-17(15)19)18(21)20-9-11-23-13-14(20)8-10-22-2/h4-7,12,14H,3,8-11,13H2,1-2H3. The second-order valence-corrected chi connectivity index (χ2v) is 5.85. The third kappa shape index (κ3) is 3.12. The molecule has 0 bridgehead atoms. The first-order chi connectivity index (χ1) is 11.3. The summed E-state index contributed by atoms with van der Waals surface area (Å²) >= 11 is 0. The summed E-state index contributed by atoms with van der Waals surface area (Å²) in [5.41, 5.74) is 1.90. The van der Waals surface area contributed by atoms with Crippen molar-refractivity contribution < 1.29 is 14.3 Å². The number of carbonyl (C=O) groups excluding carboxylic acids is 1. The molecule has 1 aliphatic heterocycles. The van der Waals surface area contributed by atoms with Gasteiger partial charge in [0, 0.05) is 43.9 Å². The lowest BCUT2D eigenvalue weighted by Crippen LogP contribution is -2.49. The van der Waals surface area contributed by atoms with Gasteiger partial charge in [0.25, 0.3) is 5.91 Å². The fourth-order valence-corrected chi connectivity index (χ4v) is 3.25. The second kappa shape index (κ2) is 7.15. The average molecular weight is 316 g/mol. The molecule has 1 atom stereocenters. The molecule has 124 valence electrons. The number of methoxy groups -OCH3 is 1. The van der Waals surface area contributed by atoms with E-state index in [1.54, 1.807) is 7.11 Å². The third-order valence-electron chi connectivity index (χ3n) is 4.50. The number of rotatable bonds is 5. The van der Waals surface area contributed by atoms with Crippen molar-refractivity contribution in [2.24, 2.45) is 0 Å². The smallest absolute Gasteiger partial charge is 0.256 e. The number of para-hydroxylation sites is 1. The maximum Gasteiger partial charge on any atom is 0.256 e. The number of carbonyl (C=O) groups is 1. The van der Waals surface area contributed by atoms with E-state index in [0.717, 1.165) is 29.4 Å². The number of amides is 1. The molecule has 1 unspecified atom stereocenters. The Morgan fingerprint density at radius 2 is 2.22 bits per heavy atom. The Hall–Kier alpha value is -1.85. The molecule has 1 fully saturated rings. The summed E-state index contributed by atoms with van der Waals surface area (Å²) in [5, 5.41) is 1.02. The summed E-state index contributed by atoms with van der Waals surface area (Å²) in [7, 11) is 1.69. The van der Waals surface area contributed by atoms with Crippen molar-refractivity contribution in [1.82, 2.24) is 9.47 Å². The number of hydrogen-bond donors (Lipinski definition) is 0. The lowest BCUT2D eigenvalue weighted by Gasteiger charge is -2.35. The molecule has 1 aliphatic rings. The molecular formula is C18H24N2O3. The molecule has 5 nitrogen and oxygen atoms in total. The molecule has 23 heavy (non-hydrogen) atoms. The van der Waals surface area contributed by atoms with Crippen LogP contribution in [-0.4, -0.2) is 54.9 Å². The van der Waals surface area contributed by atoms with Crippen LogP contribution in [0.15, 0.2) is 30.5 Å². The highest BCUT2D eigenvalue weighted by Crippen LogP contribution is 2.24. The van der Waals surface area contributed by atoms with Crippen molar-refractivity contribution in [3.63, 3.8) is 0 Å². The van der Waals surface area contributed by atoms with Gasteiger partial charge in [-0.05, 0) is 19.4 Å². The quantitative estimate of drug-likeness (QED) is 0.851. The van der Waals surface area contributed by atoms with E-state index in [1.165, 1.54) is 0 Å². The van der Waals surface area contributed by atoms with Gasteiger partial charge in [-0.1, -0.05) is 18.2 Å². The van der Waals surface area contributed by atoms with Crippen molar-refractivity contribution in [2.45, 2.75) is 25.9 Å². The third-order valence-corrected chi connectivity index (χ3v) is 4.50. The van der Waals surface area contributed by atoms with E-state index in [1.807, 2.05) is 29.3 Å². The van der Waals surface area contributed by atoms with Crippen LogP contribution in [-0.2, 0) is 16.0 Å². The van der Waals surface area contributed by atoms with Crippen LogP contribution in [0.2, 0.25) is 0 Å². The molecule has 3 rings (SSSR count). The van der Waals surface area contributed by atoms with Gasteiger partial charge in [-0.15, -0.1) is 0 Å². The minimum atomic E-state index is 0.0833. The van der Waals surface area contributed by atoms with E-state index in [2.05, 4.69) is 17.6 Å². The van der Waals surface area contributed by atoms with Crippen molar-refractivity contribution in [1.29, 1.82) is 0 Å². The highest BCUT2D eigenvalue weighted by atomic mass is 16.5. The molecular weight excluding hydrogens is 292 g/mol. The van der Waals surface area contributed by atoms with Crippen molar-refractivity contribution in [2.75, 3.05) is 33.5 Å². The van der Waals surface area contributed by atoms with Gasteiger partial charge in [0.2, 0.25) is 0 Å². The number of aryl methyl sites for hydroxylation is 1. The zero-order chi connectivity index (χ0) is 16.2. The summed E-state index contributed by atoms with van der Waals surface area (Å²) in [6.45, 7) is 5.40. The minimum Gasteiger partial charge on any atom is -0.385 e. The van der Waals surface area contributed by atoms with Gasteiger partial charge in [0.05, 0.1) is 24.8 Å². The molecule has 1 aromatic carbocycles. The Kier molecular flexibility index (Phi) is 4.98. The lowest BCUT2D eigenvalue weighted by atomic mass is 10.1. The van der Waals surface area contributed by atoms with E-state index in [9.17, 15) is 4.79 Å². The van der Waals surface area contributed by atoms with Gasteiger partial charge in [-0.3, -0.25) is 4.79 Å². The number of fused-ring (bicyclic) bond motifs is 1. The fraction of sp³-hybridized carbons (Fsp3) is 0.500. The topological polar surface area (TPSA) is 43.7 Å². The van der Waals surface area contributed by atoms with E-state index >= 15 is 0 Å². The first-order valence-electron chi connectivity index (χ1n) is 8.21. The second-order valence-electron chi connectivity index (χ2n) is 5.85. The van der Waals surface area contributed by atoms with Crippen LogP contribution in [0.5, 0.6) is 0 Å². The summed E-state index contributed by atoms with van der Waals surface area (Å²) < 4.78 is 12.9. The maximum absolute atomic E-state index is 13.1. The largest absolute Gasteiger partial charge is 0.385 e. The van der Waals surface area contributed by atoms with E-state index in [-0.39, 0.29) is 11.9 Å². The van der Waals surface area contributed by atoms with Crippen LogP contribution in [0.4, 0.5) is 0 Å². The molecule has 1 amide bonds. The monoisotopic (exact) mass is 316 g/mol. The predicted octanol–water partition coefficient (Wildman–Crippen LogP) is 2.54. The molecule has 1 saturated heterocycles. The summed E-state index contributed by atoms with van der Waals surface area (Å²) in [6.07, 6.45) is 2.78. The lowest BCUT2D eigenvalue weighted by molar-refractivity contribution is -0.0103. The maximum atomic E-state index is 13.1. The summed E-state index contributed by atoms with van der Waals surface area (Å²) in [6, 6.07) is 8.18. The zero-order valence-electron chi connectivity index (χ0n) is 13.8. The Bertz CT molecular complexity index is 680. The molecule has 0 spiro atoms. The van der Waals surface area contributed by atoms with E-state index in [4.69, 9.17) is 9.47 Å². The summed E-state index contributed by atoms with van der Waals surface area (Å²) in [5.74, 6) is 0.0952. The number of nitrogens with zero attached hydrogens (tertiary/aromatic N) is 2. The van der Waals surface area contributed by atoms with E-state index < -0.39 is 0 Å². The molecule has 0 N–H and O–H groups in total. The average Bonchev–Trinajstić information content (AvgIpc) is 2.98. The highest BCUT2D eigenvalue weighted by Gasteiger charge is 2.29. The molecule has 0 saturated carbocycles. The predicted molar refractivity (Wildman–Crippen MR) is 89.7 cm³/mol. The first kappa shape index (κ1) is 16.0. The van der Waals surface area contributed by atoms with Crippen LogP contribution in [0.3, 0.4) is 0 Å². The Balaban J connectivity index is 1.92. The van der Waals surface area contributed by atoms with Gasteiger partial charge >= 0.3 is 0 Å². The van der Waals surface area contributed by atoms with Crippen LogP contribution < -0.4 is 0 Å². The van der Waals surface area contributed by atoms with Crippen molar-refractivity contribution >= 4 is 16.8 Å². The summed E-state index contributed by atoms with van der Waals surface area (Å²) in [4.78, 5) is 15.1. The molecule has 0 radical (unpaired) electrons. The fourth-order valence-electron chi connectivity index (χ4n) is 3.25. The Morgan fingerprint density at radius 3 is 3.00 bits per heavy atom. The van der Waals surface area contributed by atoms with Crippen LogP contribution in [0, 0.1) is 0 Å². The van der Waals surface area contributed by atoms with Crippen LogP contribution in [0.25, 0.3) is 10.9 Å². The number of ether oxygens (including phenoxy) is 2. The van der Waals surface area contributed by atoms with Gasteiger partial charge in [0.1, 0.15) is 0 Å². The number of aromatic nitrogens is 1. The molecule has 2 aromatic rings. The molecule has 5 heteroatoms. The number of benzene rings is 1. The Labute approximate surface area is 136 Å². The Morgan fingerprint density at radius 1 is 1.39 bits per heavy atom. The van der Waals surface area contributed by atoms with Crippen molar-refractivity contribution in [3.05, 3.63) is 36.0 Å². The van der Waals surface area contributed by atoms with Crippen LogP contribution in [0.1, 0.15) is 23.7 Å². The van der Waals surface area contributed by atoms with Gasteiger partial charge in [-0.25, -0.2) is 0 Å². The van der Waals surface area contributed by atoms with Crippen molar-refractivity contribution in [3.8, 4) is 0 Å². The SMILES string of the molecule is CCn1cc(C(=O)N2CCOCC2CCOC)c2ccccc21. The van der Waals surface area contributed by atoms with Gasteiger partial charge in [0.15, 0.2) is 0 Å². The van der Waals surface area contributed by atoms with Crippen LogP contribution >= 0.6 is 0 Å². The van der Waals surface area contributed by atoms with Gasteiger partial charge < -0.3 is 18.9 Å². The highest BCUT2D eigenvalue weighted by molar-refractivity contribution is 6.07. The molecule has 0 aliphatic carbocycles. The number of hydrogen-bond acceptors (Lipinski definition) is 3. The normalized spacial score (nSPS) is 18.5. The zero-order valence-corrected chi connectivity index (χ0v) is 13.8. The molecule has 2 heterocycles. The van der Waals surface area contributed by atoms with E-state index in [0.29, 0.717) is 26.4 Å². The number of morpholine rings is 1.